The molecule has 140 valence electrons. The van der Waals surface area contributed by atoms with Gasteiger partial charge in [-0.2, -0.15) is 0 Å². The largest absolute Gasteiger partial charge is 0.298 e. The van der Waals surface area contributed by atoms with Crippen molar-refractivity contribution in [2.45, 2.75) is 26.7 Å². The van der Waals surface area contributed by atoms with Crippen LogP contribution in [0.25, 0.3) is 10.2 Å². The molecule has 0 atom stereocenters. The number of aromatic nitrogens is 1. The summed E-state index contributed by atoms with van der Waals surface area (Å²) in [4.78, 5) is 17.0. The monoisotopic (exact) mass is 386 g/mol. The molecule has 1 N–H and O–H groups in total. The fraction of sp³-hybridized carbons (Fsp3) is 0.167. The van der Waals surface area contributed by atoms with Crippen molar-refractivity contribution in [3.63, 3.8) is 0 Å². The zero-order valence-electron chi connectivity index (χ0n) is 16.0. The average Bonchev–Trinajstić information content (AvgIpc) is 3.09. The summed E-state index contributed by atoms with van der Waals surface area (Å²) in [7, 11) is 0. The highest BCUT2D eigenvalue weighted by atomic mass is 32.1. The molecule has 1 amide bonds. The zero-order chi connectivity index (χ0) is 19.5. The van der Waals surface area contributed by atoms with Crippen molar-refractivity contribution in [1.82, 2.24) is 4.98 Å². The van der Waals surface area contributed by atoms with E-state index in [1.807, 2.05) is 36.4 Å². The molecule has 4 rings (SSSR count). The van der Waals surface area contributed by atoms with Gasteiger partial charge >= 0.3 is 0 Å². The first-order valence-electron chi connectivity index (χ1n) is 9.40. The number of nitrogens with one attached hydrogen (secondary N) is 1. The number of fused-ring (bicyclic) bond motifs is 1. The zero-order valence-corrected chi connectivity index (χ0v) is 16.8. The van der Waals surface area contributed by atoms with Crippen LogP contribution in [-0.4, -0.2) is 10.9 Å². The smallest absolute Gasteiger partial charge is 0.257 e. The van der Waals surface area contributed by atoms with Gasteiger partial charge in [0.1, 0.15) is 0 Å². The summed E-state index contributed by atoms with van der Waals surface area (Å²) in [5, 5.41) is 3.55. The summed E-state index contributed by atoms with van der Waals surface area (Å²) >= 11 is 1.50. The molecule has 4 aromatic rings. The van der Waals surface area contributed by atoms with E-state index in [4.69, 9.17) is 0 Å². The Labute approximate surface area is 169 Å². The lowest BCUT2D eigenvalue weighted by Crippen LogP contribution is -2.11. The standard InChI is InChI=1S/C24H22N2OS/c1-16-3-6-18(7-4-16)8-9-19-10-12-20(13-11-19)23(27)26-24-25-21-14-5-17(2)15-22(21)28-24/h3-7,10-15H,8-9H2,1-2H3,(H,25,26,27). The Bertz CT molecular complexity index is 1110. The molecule has 0 saturated carbocycles. The minimum absolute atomic E-state index is 0.124. The molecule has 3 nitrogen and oxygen atoms in total. The van der Waals surface area contributed by atoms with Crippen LogP contribution in [0, 0.1) is 13.8 Å². The summed E-state index contributed by atoms with van der Waals surface area (Å²) in [6.07, 6.45) is 1.96. The highest BCUT2D eigenvalue weighted by molar-refractivity contribution is 7.22. The van der Waals surface area contributed by atoms with Crippen molar-refractivity contribution < 1.29 is 4.79 Å². The lowest BCUT2D eigenvalue weighted by Gasteiger charge is -2.05. The third-order valence-corrected chi connectivity index (χ3v) is 5.74. The summed E-state index contributed by atoms with van der Waals surface area (Å²) in [6.45, 7) is 4.15. The van der Waals surface area contributed by atoms with Crippen molar-refractivity contribution in [2.75, 3.05) is 5.32 Å². The number of anilines is 1. The first kappa shape index (κ1) is 18.4. The van der Waals surface area contributed by atoms with Gasteiger partial charge < -0.3 is 0 Å². The predicted molar refractivity (Wildman–Crippen MR) is 117 cm³/mol. The molecule has 0 fully saturated rings. The fourth-order valence-electron chi connectivity index (χ4n) is 3.12. The van der Waals surface area contributed by atoms with Gasteiger partial charge in [0, 0.05) is 5.56 Å². The van der Waals surface area contributed by atoms with E-state index in [9.17, 15) is 4.79 Å². The normalized spacial score (nSPS) is 10.9. The number of hydrogen-bond acceptors (Lipinski definition) is 3. The molecule has 0 aliphatic rings. The van der Waals surface area contributed by atoms with E-state index in [-0.39, 0.29) is 5.91 Å². The van der Waals surface area contributed by atoms with E-state index < -0.39 is 0 Å². The third-order valence-electron chi connectivity index (χ3n) is 4.80. The quantitative estimate of drug-likeness (QED) is 0.460. The summed E-state index contributed by atoms with van der Waals surface area (Å²) < 4.78 is 1.08. The van der Waals surface area contributed by atoms with Crippen LogP contribution in [0.15, 0.2) is 66.7 Å². The van der Waals surface area contributed by atoms with Gasteiger partial charge in [-0.3, -0.25) is 10.1 Å². The molecule has 28 heavy (non-hydrogen) atoms. The van der Waals surface area contributed by atoms with Crippen LogP contribution in [-0.2, 0) is 12.8 Å². The average molecular weight is 387 g/mol. The Morgan fingerprint density at radius 3 is 2.14 bits per heavy atom. The number of rotatable bonds is 5. The molecule has 0 aliphatic carbocycles. The summed E-state index contributed by atoms with van der Waals surface area (Å²) in [5.74, 6) is -0.124. The summed E-state index contributed by atoms with van der Waals surface area (Å²) in [5.41, 5.74) is 6.59. The van der Waals surface area contributed by atoms with Gasteiger partial charge in [0.15, 0.2) is 5.13 Å². The maximum Gasteiger partial charge on any atom is 0.257 e. The Morgan fingerprint density at radius 1 is 0.857 bits per heavy atom. The van der Waals surface area contributed by atoms with E-state index in [0.29, 0.717) is 10.7 Å². The predicted octanol–water partition coefficient (Wildman–Crippen LogP) is 5.95. The van der Waals surface area contributed by atoms with Crippen molar-refractivity contribution in [2.24, 2.45) is 0 Å². The first-order chi connectivity index (χ1) is 13.6. The van der Waals surface area contributed by atoms with Crippen LogP contribution >= 0.6 is 11.3 Å². The fourth-order valence-corrected chi connectivity index (χ4v) is 4.08. The molecule has 0 aliphatic heterocycles. The van der Waals surface area contributed by atoms with E-state index in [0.717, 1.165) is 23.1 Å². The van der Waals surface area contributed by atoms with Gasteiger partial charge in [-0.25, -0.2) is 4.98 Å². The number of amides is 1. The molecule has 3 aromatic carbocycles. The SMILES string of the molecule is Cc1ccc(CCc2ccc(C(=O)Nc3nc4ccc(C)cc4s3)cc2)cc1. The van der Waals surface area contributed by atoms with Crippen LogP contribution < -0.4 is 5.32 Å². The van der Waals surface area contributed by atoms with Crippen LogP contribution in [0.2, 0.25) is 0 Å². The molecule has 0 spiro atoms. The van der Waals surface area contributed by atoms with Gasteiger partial charge in [-0.15, -0.1) is 0 Å². The molecule has 1 heterocycles. The Kier molecular flexibility index (Phi) is 5.22. The van der Waals surface area contributed by atoms with Gasteiger partial charge in [0.25, 0.3) is 5.91 Å². The number of carbonyl (C=O) groups excluding carboxylic acids is 1. The second-order valence-corrected chi connectivity index (χ2v) is 8.16. The second-order valence-electron chi connectivity index (χ2n) is 7.13. The van der Waals surface area contributed by atoms with E-state index in [2.05, 4.69) is 54.5 Å². The lowest BCUT2D eigenvalue weighted by molar-refractivity contribution is 0.102. The number of hydrogen-bond donors (Lipinski definition) is 1. The van der Waals surface area contributed by atoms with Gasteiger partial charge in [-0.1, -0.05) is 59.4 Å². The Hall–Kier alpha value is -2.98. The first-order valence-corrected chi connectivity index (χ1v) is 10.2. The van der Waals surface area contributed by atoms with Crippen LogP contribution in [0.5, 0.6) is 0 Å². The van der Waals surface area contributed by atoms with Crippen molar-refractivity contribution in [1.29, 1.82) is 0 Å². The molecular weight excluding hydrogens is 364 g/mol. The molecule has 4 heteroatoms. The maximum atomic E-state index is 12.5. The maximum absolute atomic E-state index is 12.5. The molecule has 0 saturated heterocycles. The molecule has 0 unspecified atom stereocenters. The van der Waals surface area contributed by atoms with Gasteiger partial charge in [-0.05, 0) is 67.6 Å². The summed E-state index contributed by atoms with van der Waals surface area (Å²) in [6, 6.07) is 22.6. The molecule has 1 aromatic heterocycles. The highest BCUT2D eigenvalue weighted by Gasteiger charge is 2.10. The van der Waals surface area contributed by atoms with Crippen LogP contribution in [0.1, 0.15) is 32.6 Å². The van der Waals surface area contributed by atoms with Crippen LogP contribution in [0.3, 0.4) is 0 Å². The number of carbonyl (C=O) groups is 1. The Morgan fingerprint density at radius 2 is 1.46 bits per heavy atom. The minimum atomic E-state index is -0.124. The third kappa shape index (κ3) is 4.29. The highest BCUT2D eigenvalue weighted by Crippen LogP contribution is 2.27. The lowest BCUT2D eigenvalue weighted by atomic mass is 10.0. The van der Waals surface area contributed by atoms with Gasteiger partial charge in [0.05, 0.1) is 10.2 Å². The molecule has 0 bridgehead atoms. The van der Waals surface area contributed by atoms with Crippen molar-refractivity contribution in [3.05, 3.63) is 94.5 Å². The topological polar surface area (TPSA) is 42.0 Å². The van der Waals surface area contributed by atoms with Crippen molar-refractivity contribution in [3.8, 4) is 0 Å². The Balaban J connectivity index is 1.39. The van der Waals surface area contributed by atoms with E-state index in [1.54, 1.807) is 0 Å². The number of thiazole rings is 1. The van der Waals surface area contributed by atoms with E-state index >= 15 is 0 Å². The number of benzene rings is 3. The van der Waals surface area contributed by atoms with Crippen molar-refractivity contribution >= 4 is 32.6 Å². The van der Waals surface area contributed by atoms with Crippen LogP contribution in [0.4, 0.5) is 5.13 Å². The number of aryl methyl sites for hydroxylation is 4. The second kappa shape index (κ2) is 7.95. The molecule has 0 radical (unpaired) electrons. The minimum Gasteiger partial charge on any atom is -0.298 e. The van der Waals surface area contributed by atoms with E-state index in [1.165, 1.54) is 33.6 Å². The number of nitrogens with zero attached hydrogens (tertiary/aromatic N) is 1. The van der Waals surface area contributed by atoms with Gasteiger partial charge in [0.2, 0.25) is 0 Å². The molecular formula is C24H22N2OS.